The van der Waals surface area contributed by atoms with Crippen molar-refractivity contribution in [1.29, 1.82) is 0 Å². The maximum atomic E-state index is 6.20. The Hall–Kier alpha value is -0.870. The van der Waals surface area contributed by atoms with Gasteiger partial charge in [0.05, 0.1) is 17.6 Å². The van der Waals surface area contributed by atoms with Gasteiger partial charge in [-0.3, -0.25) is 0 Å². The molecule has 2 heterocycles. The second kappa shape index (κ2) is 4.67. The normalized spacial score (nSPS) is 21.2. The molecule has 0 bridgehead atoms. The first-order valence-corrected chi connectivity index (χ1v) is 6.78. The summed E-state index contributed by atoms with van der Waals surface area (Å²) < 4.78 is 2.24. The van der Waals surface area contributed by atoms with Crippen molar-refractivity contribution in [1.82, 2.24) is 14.5 Å². The van der Waals surface area contributed by atoms with Crippen LogP contribution in [-0.2, 0) is 12.1 Å². The van der Waals surface area contributed by atoms with Gasteiger partial charge in [-0.05, 0) is 52.2 Å². The lowest BCUT2D eigenvalue weighted by atomic mass is 9.80. The third kappa shape index (κ3) is 2.93. The van der Waals surface area contributed by atoms with Gasteiger partial charge < -0.3 is 15.2 Å². The van der Waals surface area contributed by atoms with Gasteiger partial charge in [-0.25, -0.2) is 4.98 Å². The van der Waals surface area contributed by atoms with Gasteiger partial charge in [0.25, 0.3) is 0 Å². The standard InChI is InChI=1S/C14H26N4/c1-13(2,15)12-9-16-11-18(12)10-14(3)5-7-17(4)8-6-14/h9,11H,5-8,10,15H2,1-4H3. The summed E-state index contributed by atoms with van der Waals surface area (Å²) >= 11 is 0. The van der Waals surface area contributed by atoms with Crippen molar-refractivity contribution in [3.05, 3.63) is 18.2 Å². The third-order valence-electron chi connectivity index (χ3n) is 4.12. The third-order valence-corrected chi connectivity index (χ3v) is 4.12. The Bertz CT molecular complexity index is 394. The molecule has 1 fully saturated rings. The van der Waals surface area contributed by atoms with E-state index >= 15 is 0 Å². The lowest BCUT2D eigenvalue weighted by Gasteiger charge is -2.39. The fourth-order valence-electron chi connectivity index (χ4n) is 2.71. The number of piperidine rings is 1. The Morgan fingerprint density at radius 2 is 2.00 bits per heavy atom. The molecule has 0 aromatic carbocycles. The van der Waals surface area contributed by atoms with Gasteiger partial charge in [0.1, 0.15) is 0 Å². The Morgan fingerprint density at radius 1 is 1.39 bits per heavy atom. The maximum absolute atomic E-state index is 6.20. The second-order valence-corrected chi connectivity index (χ2v) is 6.74. The van der Waals surface area contributed by atoms with Crippen LogP contribution in [-0.4, -0.2) is 34.6 Å². The van der Waals surface area contributed by atoms with Gasteiger partial charge in [0.2, 0.25) is 0 Å². The van der Waals surface area contributed by atoms with E-state index in [1.165, 1.54) is 25.9 Å². The molecule has 18 heavy (non-hydrogen) atoms. The number of rotatable bonds is 3. The van der Waals surface area contributed by atoms with Crippen molar-refractivity contribution in [2.24, 2.45) is 11.1 Å². The van der Waals surface area contributed by atoms with Crippen LogP contribution in [0.2, 0.25) is 0 Å². The predicted molar refractivity (Wildman–Crippen MR) is 74.3 cm³/mol. The average molecular weight is 250 g/mol. The molecule has 102 valence electrons. The maximum Gasteiger partial charge on any atom is 0.0948 e. The highest BCUT2D eigenvalue weighted by atomic mass is 15.1. The quantitative estimate of drug-likeness (QED) is 0.890. The van der Waals surface area contributed by atoms with Gasteiger partial charge >= 0.3 is 0 Å². The molecule has 0 atom stereocenters. The number of imidazole rings is 1. The number of nitrogens with two attached hydrogens (primary N) is 1. The molecule has 1 aliphatic heterocycles. The minimum atomic E-state index is -0.321. The number of nitrogens with zero attached hydrogens (tertiary/aromatic N) is 3. The monoisotopic (exact) mass is 250 g/mol. The number of aromatic nitrogens is 2. The summed E-state index contributed by atoms with van der Waals surface area (Å²) in [6.45, 7) is 9.86. The fraction of sp³-hybridized carbons (Fsp3) is 0.786. The molecule has 4 nitrogen and oxygen atoms in total. The molecular formula is C14H26N4. The molecule has 1 aromatic rings. The lowest BCUT2D eigenvalue weighted by molar-refractivity contribution is 0.118. The Kier molecular flexibility index (Phi) is 3.52. The highest BCUT2D eigenvalue weighted by Gasteiger charge is 2.31. The molecule has 0 unspecified atom stereocenters. The minimum absolute atomic E-state index is 0.321. The SMILES string of the molecule is CN1CCC(C)(Cn2cncc2C(C)(C)N)CC1. The highest BCUT2D eigenvalue weighted by Crippen LogP contribution is 2.33. The van der Waals surface area contributed by atoms with E-state index in [9.17, 15) is 0 Å². The summed E-state index contributed by atoms with van der Waals surface area (Å²) in [5, 5.41) is 0. The molecule has 0 radical (unpaired) electrons. The minimum Gasteiger partial charge on any atom is -0.332 e. The summed E-state index contributed by atoms with van der Waals surface area (Å²) in [5.41, 5.74) is 7.38. The Balaban J connectivity index is 2.12. The van der Waals surface area contributed by atoms with Crippen LogP contribution < -0.4 is 5.73 Å². The van der Waals surface area contributed by atoms with Crippen LogP contribution >= 0.6 is 0 Å². The molecule has 0 saturated carbocycles. The van der Waals surface area contributed by atoms with Crippen LogP contribution in [0.25, 0.3) is 0 Å². The molecule has 2 N–H and O–H groups in total. The Morgan fingerprint density at radius 3 is 2.56 bits per heavy atom. The van der Waals surface area contributed by atoms with Crippen LogP contribution in [0, 0.1) is 5.41 Å². The fourth-order valence-corrected chi connectivity index (χ4v) is 2.71. The van der Waals surface area contributed by atoms with E-state index in [4.69, 9.17) is 5.73 Å². The zero-order valence-corrected chi connectivity index (χ0v) is 12.1. The predicted octanol–water partition coefficient (Wildman–Crippen LogP) is 1.81. The smallest absolute Gasteiger partial charge is 0.0948 e. The molecule has 4 heteroatoms. The van der Waals surface area contributed by atoms with Gasteiger partial charge in [0, 0.05) is 12.7 Å². The summed E-state index contributed by atoms with van der Waals surface area (Å²) in [6, 6.07) is 0. The van der Waals surface area contributed by atoms with E-state index in [0.29, 0.717) is 5.41 Å². The highest BCUT2D eigenvalue weighted by molar-refractivity contribution is 5.10. The zero-order chi connectivity index (χ0) is 13.4. The van der Waals surface area contributed by atoms with Gasteiger partial charge in [0.15, 0.2) is 0 Å². The first-order chi connectivity index (χ1) is 8.30. The van der Waals surface area contributed by atoms with Crippen molar-refractivity contribution in [2.45, 2.75) is 45.7 Å². The van der Waals surface area contributed by atoms with Crippen molar-refractivity contribution in [3.63, 3.8) is 0 Å². The first-order valence-electron chi connectivity index (χ1n) is 6.78. The topological polar surface area (TPSA) is 47.1 Å². The number of likely N-dealkylation sites (tertiary alicyclic amines) is 1. The zero-order valence-electron chi connectivity index (χ0n) is 12.1. The number of hydrogen-bond donors (Lipinski definition) is 1. The lowest BCUT2D eigenvalue weighted by Crippen LogP contribution is -2.40. The van der Waals surface area contributed by atoms with Crippen molar-refractivity contribution >= 4 is 0 Å². The van der Waals surface area contributed by atoms with Crippen LogP contribution in [0.5, 0.6) is 0 Å². The Labute approximate surface area is 110 Å². The van der Waals surface area contributed by atoms with Crippen LogP contribution in [0.3, 0.4) is 0 Å². The molecule has 1 aromatic heterocycles. The van der Waals surface area contributed by atoms with Crippen molar-refractivity contribution in [3.8, 4) is 0 Å². The van der Waals surface area contributed by atoms with Crippen molar-refractivity contribution < 1.29 is 0 Å². The second-order valence-electron chi connectivity index (χ2n) is 6.74. The van der Waals surface area contributed by atoms with E-state index in [1.807, 2.05) is 26.4 Å². The van der Waals surface area contributed by atoms with Crippen LogP contribution in [0.1, 0.15) is 39.3 Å². The van der Waals surface area contributed by atoms with Gasteiger partial charge in [-0.2, -0.15) is 0 Å². The largest absolute Gasteiger partial charge is 0.332 e. The summed E-state index contributed by atoms with van der Waals surface area (Å²) in [4.78, 5) is 6.68. The van der Waals surface area contributed by atoms with Crippen LogP contribution in [0.4, 0.5) is 0 Å². The summed E-state index contributed by atoms with van der Waals surface area (Å²) in [6.07, 6.45) is 6.31. The molecule has 2 rings (SSSR count). The van der Waals surface area contributed by atoms with Crippen LogP contribution in [0.15, 0.2) is 12.5 Å². The molecule has 0 spiro atoms. The van der Waals surface area contributed by atoms with Gasteiger partial charge in [-0.15, -0.1) is 0 Å². The first kappa shape index (κ1) is 13.6. The van der Waals surface area contributed by atoms with Crippen molar-refractivity contribution in [2.75, 3.05) is 20.1 Å². The number of hydrogen-bond acceptors (Lipinski definition) is 3. The molecular weight excluding hydrogens is 224 g/mol. The van der Waals surface area contributed by atoms with E-state index in [-0.39, 0.29) is 5.54 Å². The van der Waals surface area contributed by atoms with Gasteiger partial charge in [-0.1, -0.05) is 6.92 Å². The van der Waals surface area contributed by atoms with E-state index < -0.39 is 0 Å². The average Bonchev–Trinajstić information content (AvgIpc) is 2.70. The molecule has 1 aliphatic rings. The summed E-state index contributed by atoms with van der Waals surface area (Å²) in [5.74, 6) is 0. The molecule has 1 saturated heterocycles. The molecule has 0 aliphatic carbocycles. The molecule has 0 amide bonds. The summed E-state index contributed by atoms with van der Waals surface area (Å²) in [7, 11) is 2.20. The van der Waals surface area contributed by atoms with E-state index in [0.717, 1.165) is 12.2 Å². The van der Waals surface area contributed by atoms with E-state index in [1.54, 1.807) is 0 Å². The van der Waals surface area contributed by atoms with E-state index in [2.05, 4.69) is 28.4 Å².